The van der Waals surface area contributed by atoms with Crippen molar-refractivity contribution in [2.75, 3.05) is 25.0 Å². The second kappa shape index (κ2) is 4.87. The minimum Gasteiger partial charge on any atom is -0.322 e. The second-order valence-corrected chi connectivity index (χ2v) is 4.99. The number of hydrogen-bond donors (Lipinski definition) is 2. The molecule has 0 aliphatic carbocycles. The van der Waals surface area contributed by atoms with Crippen molar-refractivity contribution < 1.29 is 4.79 Å². The maximum absolute atomic E-state index is 11.9. The van der Waals surface area contributed by atoms with Crippen LogP contribution < -0.4 is 5.32 Å². The number of likely N-dealkylation sites (tertiary alicyclic amines) is 1. The number of hydrogen-bond acceptors (Lipinski definition) is 3. The summed E-state index contributed by atoms with van der Waals surface area (Å²) in [5.41, 5.74) is 2.57. The first-order valence-corrected chi connectivity index (χ1v) is 6.10. The van der Waals surface area contributed by atoms with Crippen LogP contribution in [0.5, 0.6) is 0 Å². The van der Waals surface area contributed by atoms with Crippen LogP contribution in [0, 0.1) is 19.8 Å². The number of nitrogens with one attached hydrogen (secondary N) is 2. The third-order valence-electron chi connectivity index (χ3n) is 3.27. The molecule has 0 aromatic carbocycles. The van der Waals surface area contributed by atoms with Gasteiger partial charge in [0, 0.05) is 6.54 Å². The van der Waals surface area contributed by atoms with Gasteiger partial charge in [-0.05, 0) is 32.7 Å². The Hall–Kier alpha value is -1.36. The largest absolute Gasteiger partial charge is 0.322 e. The molecule has 5 nitrogen and oxygen atoms in total. The quantitative estimate of drug-likeness (QED) is 0.831. The first-order valence-electron chi connectivity index (χ1n) is 6.10. The molecule has 1 saturated heterocycles. The number of amides is 1. The summed E-state index contributed by atoms with van der Waals surface area (Å²) in [5, 5.41) is 9.85. The predicted molar refractivity (Wildman–Crippen MR) is 66.9 cm³/mol. The van der Waals surface area contributed by atoms with E-state index in [1.807, 2.05) is 13.8 Å². The van der Waals surface area contributed by atoms with Gasteiger partial charge in [-0.1, -0.05) is 6.92 Å². The number of H-pyrrole nitrogens is 1. The lowest BCUT2D eigenvalue weighted by atomic mass is 10.2. The van der Waals surface area contributed by atoms with Crippen LogP contribution in [0.15, 0.2) is 0 Å². The molecule has 2 rings (SSSR count). The monoisotopic (exact) mass is 236 g/mol. The minimum absolute atomic E-state index is 0.0479. The van der Waals surface area contributed by atoms with E-state index in [9.17, 15) is 4.79 Å². The van der Waals surface area contributed by atoms with Crippen molar-refractivity contribution in [3.05, 3.63) is 11.4 Å². The molecule has 17 heavy (non-hydrogen) atoms. The highest BCUT2D eigenvalue weighted by Gasteiger charge is 2.21. The zero-order chi connectivity index (χ0) is 12.4. The Morgan fingerprint density at radius 3 is 2.88 bits per heavy atom. The maximum Gasteiger partial charge on any atom is 0.238 e. The number of anilines is 1. The van der Waals surface area contributed by atoms with Gasteiger partial charge in [0.25, 0.3) is 0 Å². The molecule has 1 aromatic heterocycles. The number of rotatable bonds is 3. The van der Waals surface area contributed by atoms with Gasteiger partial charge >= 0.3 is 0 Å². The average Bonchev–Trinajstić information content (AvgIpc) is 2.79. The minimum atomic E-state index is 0.0479. The number of aromatic nitrogens is 2. The number of carbonyl (C=O) groups excluding carboxylic acids is 1. The average molecular weight is 236 g/mol. The fourth-order valence-corrected chi connectivity index (χ4v) is 2.29. The zero-order valence-electron chi connectivity index (χ0n) is 10.7. The fourth-order valence-electron chi connectivity index (χ4n) is 2.29. The van der Waals surface area contributed by atoms with Crippen molar-refractivity contribution in [2.24, 2.45) is 5.92 Å². The van der Waals surface area contributed by atoms with Crippen molar-refractivity contribution in [3.8, 4) is 0 Å². The van der Waals surface area contributed by atoms with Gasteiger partial charge in [-0.2, -0.15) is 5.10 Å². The summed E-state index contributed by atoms with van der Waals surface area (Å²) >= 11 is 0. The summed E-state index contributed by atoms with van der Waals surface area (Å²) in [6, 6.07) is 0. The highest BCUT2D eigenvalue weighted by molar-refractivity contribution is 5.93. The number of nitrogens with zero attached hydrogens (tertiary/aromatic N) is 2. The predicted octanol–water partition coefficient (Wildman–Crippen LogP) is 1.31. The summed E-state index contributed by atoms with van der Waals surface area (Å²) in [4.78, 5) is 14.1. The van der Waals surface area contributed by atoms with Crippen molar-refractivity contribution in [2.45, 2.75) is 27.2 Å². The highest BCUT2D eigenvalue weighted by Crippen LogP contribution is 2.17. The summed E-state index contributed by atoms with van der Waals surface area (Å²) in [7, 11) is 0. The van der Waals surface area contributed by atoms with Gasteiger partial charge in [0.15, 0.2) is 0 Å². The Balaban J connectivity index is 1.89. The van der Waals surface area contributed by atoms with Gasteiger partial charge in [0.05, 0.1) is 23.6 Å². The molecule has 1 atom stereocenters. The lowest BCUT2D eigenvalue weighted by molar-refractivity contribution is -0.117. The van der Waals surface area contributed by atoms with E-state index in [0.717, 1.165) is 30.2 Å². The molecule has 1 aromatic rings. The fraction of sp³-hybridized carbons (Fsp3) is 0.667. The van der Waals surface area contributed by atoms with Crippen LogP contribution in [-0.4, -0.2) is 40.6 Å². The van der Waals surface area contributed by atoms with E-state index in [1.165, 1.54) is 6.42 Å². The summed E-state index contributed by atoms with van der Waals surface area (Å²) in [5.74, 6) is 0.756. The SMILES string of the molecule is Cc1n[nH]c(C)c1NC(=O)CN1CCC(C)C1. The first-order chi connectivity index (χ1) is 8.06. The van der Waals surface area contributed by atoms with Crippen LogP contribution >= 0.6 is 0 Å². The van der Waals surface area contributed by atoms with E-state index in [4.69, 9.17) is 0 Å². The van der Waals surface area contributed by atoms with Crippen molar-refractivity contribution in [1.29, 1.82) is 0 Å². The summed E-state index contributed by atoms with van der Waals surface area (Å²) in [6.07, 6.45) is 1.19. The Morgan fingerprint density at radius 1 is 1.59 bits per heavy atom. The standard InChI is InChI=1S/C12H20N4O/c1-8-4-5-16(6-8)7-11(17)13-12-9(2)14-15-10(12)3/h8H,4-7H2,1-3H3,(H,13,17)(H,14,15). The Labute approximate surface area is 102 Å². The van der Waals surface area contributed by atoms with E-state index in [2.05, 4.69) is 27.3 Å². The lowest BCUT2D eigenvalue weighted by Crippen LogP contribution is -2.31. The van der Waals surface area contributed by atoms with Crippen molar-refractivity contribution in [1.82, 2.24) is 15.1 Å². The molecule has 2 heterocycles. The topological polar surface area (TPSA) is 61.0 Å². The normalized spacial score (nSPS) is 20.8. The van der Waals surface area contributed by atoms with Crippen LogP contribution in [0.3, 0.4) is 0 Å². The lowest BCUT2D eigenvalue weighted by Gasteiger charge is -2.14. The molecule has 1 aliphatic rings. The van der Waals surface area contributed by atoms with Crippen LogP contribution in [-0.2, 0) is 4.79 Å². The molecule has 1 amide bonds. The summed E-state index contributed by atoms with van der Waals surface area (Å²) < 4.78 is 0. The summed E-state index contributed by atoms with van der Waals surface area (Å²) in [6.45, 7) is 8.55. The molecule has 1 aliphatic heterocycles. The van der Waals surface area contributed by atoms with E-state index < -0.39 is 0 Å². The van der Waals surface area contributed by atoms with E-state index in [-0.39, 0.29) is 5.91 Å². The van der Waals surface area contributed by atoms with Crippen molar-refractivity contribution in [3.63, 3.8) is 0 Å². The molecule has 0 spiro atoms. The molecule has 5 heteroatoms. The van der Waals surface area contributed by atoms with Crippen LogP contribution in [0.4, 0.5) is 5.69 Å². The van der Waals surface area contributed by atoms with Crippen LogP contribution in [0.1, 0.15) is 24.7 Å². The Kier molecular flexibility index (Phi) is 3.47. The van der Waals surface area contributed by atoms with Crippen LogP contribution in [0.25, 0.3) is 0 Å². The molecule has 0 saturated carbocycles. The molecule has 0 radical (unpaired) electrons. The van der Waals surface area contributed by atoms with Gasteiger partial charge in [-0.3, -0.25) is 14.8 Å². The Bertz CT molecular complexity index is 393. The highest BCUT2D eigenvalue weighted by atomic mass is 16.2. The van der Waals surface area contributed by atoms with E-state index >= 15 is 0 Å². The molecule has 1 fully saturated rings. The maximum atomic E-state index is 11.9. The van der Waals surface area contributed by atoms with Gasteiger partial charge in [-0.15, -0.1) is 0 Å². The third-order valence-corrected chi connectivity index (χ3v) is 3.27. The number of aromatic amines is 1. The number of carbonyl (C=O) groups is 1. The van der Waals surface area contributed by atoms with Gasteiger partial charge in [-0.25, -0.2) is 0 Å². The molecule has 1 unspecified atom stereocenters. The zero-order valence-corrected chi connectivity index (χ0v) is 10.7. The van der Waals surface area contributed by atoms with Gasteiger partial charge in [0.1, 0.15) is 0 Å². The Morgan fingerprint density at radius 2 is 2.35 bits per heavy atom. The molecular formula is C12H20N4O. The molecule has 94 valence electrons. The first kappa shape index (κ1) is 12.1. The second-order valence-electron chi connectivity index (χ2n) is 4.99. The van der Waals surface area contributed by atoms with Crippen molar-refractivity contribution >= 4 is 11.6 Å². The smallest absolute Gasteiger partial charge is 0.238 e. The van der Waals surface area contributed by atoms with Crippen LogP contribution in [0.2, 0.25) is 0 Å². The van der Waals surface area contributed by atoms with Gasteiger partial charge in [0.2, 0.25) is 5.91 Å². The molecule has 2 N–H and O–H groups in total. The van der Waals surface area contributed by atoms with E-state index in [0.29, 0.717) is 12.5 Å². The number of aryl methyl sites for hydroxylation is 2. The molecular weight excluding hydrogens is 216 g/mol. The van der Waals surface area contributed by atoms with Gasteiger partial charge < -0.3 is 5.32 Å². The van der Waals surface area contributed by atoms with E-state index in [1.54, 1.807) is 0 Å². The molecule has 0 bridgehead atoms. The third kappa shape index (κ3) is 2.85.